The Labute approximate surface area is 179 Å². The lowest BCUT2D eigenvalue weighted by Crippen LogP contribution is -2.37. The first-order valence-corrected chi connectivity index (χ1v) is 10.5. The van der Waals surface area contributed by atoms with Crippen LogP contribution < -0.4 is 15.0 Å². The smallest absolute Gasteiger partial charge is 0.253 e. The fraction of sp³-hybridized carbons (Fsp3) is 0.348. The van der Waals surface area contributed by atoms with Gasteiger partial charge in [0.25, 0.3) is 5.91 Å². The fourth-order valence-electron chi connectivity index (χ4n) is 4.39. The summed E-state index contributed by atoms with van der Waals surface area (Å²) in [5.41, 5.74) is 2.22. The topological polar surface area (TPSA) is 85.7 Å². The molecule has 2 unspecified atom stereocenters. The number of amides is 2. The minimum atomic E-state index is -0.654. The van der Waals surface area contributed by atoms with Gasteiger partial charge in [-0.05, 0) is 37.1 Å². The number of hydrogen-bond donors (Lipinski definition) is 1. The maximum atomic E-state index is 13.4. The van der Waals surface area contributed by atoms with Crippen LogP contribution in [0.4, 0.5) is 11.6 Å². The number of aromatic nitrogens is 2. The van der Waals surface area contributed by atoms with Crippen LogP contribution in [0.5, 0.6) is 5.75 Å². The van der Waals surface area contributed by atoms with Gasteiger partial charge >= 0.3 is 0 Å². The quantitative estimate of drug-likeness (QED) is 0.662. The summed E-state index contributed by atoms with van der Waals surface area (Å²) in [7, 11) is 1.55. The van der Waals surface area contributed by atoms with Gasteiger partial charge in [-0.15, -0.1) is 0 Å². The summed E-state index contributed by atoms with van der Waals surface area (Å²) in [5, 5.41) is 2.87. The van der Waals surface area contributed by atoms with Crippen LogP contribution in [-0.2, 0) is 14.3 Å². The molecule has 2 aliphatic heterocycles. The second kappa shape index (κ2) is 8.03. The minimum Gasteiger partial charge on any atom is -0.495 e. The van der Waals surface area contributed by atoms with Crippen molar-refractivity contribution in [3.8, 4) is 5.75 Å². The first-order chi connectivity index (χ1) is 15.2. The van der Waals surface area contributed by atoms with Gasteiger partial charge in [0.05, 0.1) is 42.9 Å². The highest BCUT2D eigenvalue weighted by Gasteiger charge is 2.42. The summed E-state index contributed by atoms with van der Waals surface area (Å²) in [4.78, 5) is 32.7. The van der Waals surface area contributed by atoms with E-state index in [-0.39, 0.29) is 24.3 Å². The van der Waals surface area contributed by atoms with E-state index >= 15 is 0 Å². The molecular weight excluding hydrogens is 396 g/mol. The lowest BCUT2D eigenvalue weighted by atomic mass is 10.1. The van der Waals surface area contributed by atoms with Gasteiger partial charge < -0.3 is 14.8 Å². The Morgan fingerprint density at radius 2 is 2.03 bits per heavy atom. The highest BCUT2D eigenvalue weighted by atomic mass is 16.5. The number of imidazole rings is 1. The third-order valence-electron chi connectivity index (χ3n) is 5.85. The van der Waals surface area contributed by atoms with Crippen molar-refractivity contribution in [2.24, 2.45) is 0 Å². The maximum Gasteiger partial charge on any atom is 0.253 e. The molecule has 0 bridgehead atoms. The van der Waals surface area contributed by atoms with Gasteiger partial charge in [0.1, 0.15) is 11.8 Å². The Bertz CT molecular complexity index is 1140. The van der Waals surface area contributed by atoms with Gasteiger partial charge in [-0.2, -0.15) is 0 Å². The normalized spacial score (nSPS) is 20.3. The number of nitrogens with zero attached hydrogens (tertiary/aromatic N) is 3. The third-order valence-corrected chi connectivity index (χ3v) is 5.85. The van der Waals surface area contributed by atoms with Crippen LogP contribution in [-0.4, -0.2) is 47.7 Å². The molecule has 3 heterocycles. The molecule has 1 aromatic heterocycles. The summed E-state index contributed by atoms with van der Waals surface area (Å²) < 4.78 is 12.9. The highest BCUT2D eigenvalue weighted by molar-refractivity contribution is 6.05. The predicted octanol–water partition coefficient (Wildman–Crippen LogP) is 3.14. The van der Waals surface area contributed by atoms with Gasteiger partial charge in [0.15, 0.2) is 0 Å². The molecule has 0 saturated carbocycles. The molecular formula is C23H24N4O4. The van der Waals surface area contributed by atoms with E-state index in [1.165, 1.54) is 0 Å². The number of ether oxygens (including phenoxy) is 2. The molecule has 0 aliphatic carbocycles. The Balaban J connectivity index is 1.44. The van der Waals surface area contributed by atoms with Crippen LogP contribution in [0.25, 0.3) is 11.0 Å². The number of benzene rings is 2. The summed E-state index contributed by atoms with van der Waals surface area (Å²) in [6.45, 7) is 1.17. The number of nitrogens with one attached hydrogen (secondary N) is 1. The number of rotatable bonds is 6. The lowest BCUT2D eigenvalue weighted by molar-refractivity contribution is -0.124. The Morgan fingerprint density at radius 1 is 1.23 bits per heavy atom. The molecule has 8 heteroatoms. The van der Waals surface area contributed by atoms with Crippen LogP contribution in [0.2, 0.25) is 0 Å². The van der Waals surface area contributed by atoms with Crippen LogP contribution in [0, 0.1) is 0 Å². The molecule has 0 radical (unpaired) electrons. The predicted molar refractivity (Wildman–Crippen MR) is 116 cm³/mol. The van der Waals surface area contributed by atoms with Crippen molar-refractivity contribution >= 4 is 34.5 Å². The van der Waals surface area contributed by atoms with Crippen molar-refractivity contribution in [2.45, 2.75) is 31.4 Å². The van der Waals surface area contributed by atoms with Crippen molar-refractivity contribution < 1.29 is 19.1 Å². The number of hydrogen-bond acceptors (Lipinski definition) is 5. The van der Waals surface area contributed by atoms with Crippen molar-refractivity contribution in [1.29, 1.82) is 0 Å². The van der Waals surface area contributed by atoms with Gasteiger partial charge in [0, 0.05) is 6.61 Å². The van der Waals surface area contributed by atoms with E-state index in [9.17, 15) is 9.59 Å². The van der Waals surface area contributed by atoms with Crippen molar-refractivity contribution in [3.05, 3.63) is 48.5 Å². The number of anilines is 2. The maximum absolute atomic E-state index is 13.4. The summed E-state index contributed by atoms with van der Waals surface area (Å²) in [6.07, 6.45) is 1.92. The SMILES string of the molecule is COc1ccccc1NC(=O)CC1C(=O)N(CC2CCCO2)c2nc3ccccc3n21. The Morgan fingerprint density at radius 3 is 2.84 bits per heavy atom. The summed E-state index contributed by atoms with van der Waals surface area (Å²) in [6, 6.07) is 14.2. The molecule has 8 nitrogen and oxygen atoms in total. The zero-order valence-electron chi connectivity index (χ0n) is 17.3. The molecule has 2 amide bonds. The average molecular weight is 420 g/mol. The summed E-state index contributed by atoms with van der Waals surface area (Å²) >= 11 is 0. The summed E-state index contributed by atoms with van der Waals surface area (Å²) in [5.74, 6) is 0.767. The second-order valence-electron chi connectivity index (χ2n) is 7.82. The molecule has 1 fully saturated rings. The van der Waals surface area contributed by atoms with Crippen LogP contribution in [0.3, 0.4) is 0 Å². The molecule has 3 aromatic rings. The Hall–Kier alpha value is -3.39. The molecule has 2 aliphatic rings. The Kier molecular flexibility index (Phi) is 5.07. The van der Waals surface area contributed by atoms with Gasteiger partial charge in [-0.1, -0.05) is 24.3 Å². The average Bonchev–Trinajstić information content (AvgIpc) is 3.48. The van der Waals surface area contributed by atoms with E-state index < -0.39 is 6.04 Å². The van der Waals surface area contributed by atoms with Crippen LogP contribution in [0.15, 0.2) is 48.5 Å². The van der Waals surface area contributed by atoms with Gasteiger partial charge in [-0.25, -0.2) is 4.98 Å². The van der Waals surface area contributed by atoms with E-state index in [2.05, 4.69) is 5.32 Å². The van der Waals surface area contributed by atoms with Gasteiger partial charge in [-0.3, -0.25) is 19.1 Å². The standard InChI is InChI=1S/C23H24N4O4/c1-30-20-11-5-3-9-17(20)24-21(28)13-19-22(29)26(14-15-7-6-12-31-15)23-25-16-8-2-4-10-18(16)27(19)23/h2-5,8-11,15,19H,6-7,12-14H2,1H3,(H,24,28). The third kappa shape index (κ3) is 3.53. The number of fused-ring (bicyclic) bond motifs is 3. The monoisotopic (exact) mass is 420 g/mol. The number of carbonyl (C=O) groups excluding carboxylic acids is 2. The molecule has 1 N–H and O–H groups in total. The zero-order valence-corrected chi connectivity index (χ0v) is 17.3. The molecule has 1 saturated heterocycles. The van der Waals surface area contributed by atoms with E-state index in [4.69, 9.17) is 14.5 Å². The number of methoxy groups -OCH3 is 1. The van der Waals surface area contributed by atoms with E-state index in [0.29, 0.717) is 30.5 Å². The number of para-hydroxylation sites is 4. The zero-order chi connectivity index (χ0) is 21.4. The van der Waals surface area contributed by atoms with Crippen molar-refractivity contribution in [1.82, 2.24) is 9.55 Å². The van der Waals surface area contributed by atoms with E-state index in [0.717, 1.165) is 23.9 Å². The molecule has 2 aromatic carbocycles. The van der Waals surface area contributed by atoms with Crippen LogP contribution >= 0.6 is 0 Å². The molecule has 160 valence electrons. The first kappa shape index (κ1) is 19.6. The molecule has 2 atom stereocenters. The lowest BCUT2D eigenvalue weighted by Gasteiger charge is -2.19. The van der Waals surface area contributed by atoms with Crippen molar-refractivity contribution in [2.75, 3.05) is 30.5 Å². The van der Waals surface area contributed by atoms with E-state index in [1.807, 2.05) is 41.0 Å². The highest BCUT2D eigenvalue weighted by Crippen LogP contribution is 2.37. The number of carbonyl (C=O) groups is 2. The molecule has 0 spiro atoms. The molecule has 5 rings (SSSR count). The first-order valence-electron chi connectivity index (χ1n) is 10.5. The fourth-order valence-corrected chi connectivity index (χ4v) is 4.39. The molecule has 31 heavy (non-hydrogen) atoms. The van der Waals surface area contributed by atoms with E-state index in [1.54, 1.807) is 24.1 Å². The van der Waals surface area contributed by atoms with Crippen LogP contribution in [0.1, 0.15) is 25.3 Å². The minimum absolute atomic E-state index is 0.00151. The second-order valence-corrected chi connectivity index (χ2v) is 7.82. The largest absolute Gasteiger partial charge is 0.495 e. The van der Waals surface area contributed by atoms with Gasteiger partial charge in [0.2, 0.25) is 11.9 Å². The van der Waals surface area contributed by atoms with Crippen molar-refractivity contribution in [3.63, 3.8) is 0 Å².